The van der Waals surface area contributed by atoms with E-state index in [0.29, 0.717) is 16.0 Å². The summed E-state index contributed by atoms with van der Waals surface area (Å²) in [5.74, 6) is -0.332. The molecule has 3 amide bonds. The lowest BCUT2D eigenvalue weighted by Crippen LogP contribution is -2.45. The first-order valence-corrected chi connectivity index (χ1v) is 9.24. The van der Waals surface area contributed by atoms with E-state index in [1.54, 1.807) is 13.0 Å². The third-order valence-electron chi connectivity index (χ3n) is 3.38. The average molecular weight is 355 g/mol. The first-order chi connectivity index (χ1) is 11.1. The number of rotatable bonds is 7. The van der Waals surface area contributed by atoms with E-state index < -0.39 is 11.3 Å². The molecule has 1 aromatic rings. The minimum Gasteiger partial charge on any atom is -0.357 e. The van der Waals surface area contributed by atoms with Gasteiger partial charge in [0.15, 0.2) is 4.34 Å². The van der Waals surface area contributed by atoms with E-state index in [-0.39, 0.29) is 11.9 Å². The fourth-order valence-corrected chi connectivity index (χ4v) is 4.10. The fraction of sp³-hybridized carbons (Fsp3) is 0.571. The number of amides is 3. The Morgan fingerprint density at radius 2 is 2.17 bits per heavy atom. The predicted octanol–water partition coefficient (Wildman–Crippen LogP) is 2.38. The quantitative estimate of drug-likeness (QED) is 0.513. The molecule has 9 heteroatoms. The molecular weight excluding hydrogens is 334 g/mol. The van der Waals surface area contributed by atoms with Gasteiger partial charge in [0.2, 0.25) is 11.0 Å². The number of imide groups is 1. The van der Waals surface area contributed by atoms with E-state index in [1.807, 2.05) is 0 Å². The Hall–Kier alpha value is -1.61. The number of hydrogen-bond acceptors (Lipinski definition) is 7. The van der Waals surface area contributed by atoms with Crippen LogP contribution in [0, 0.1) is 0 Å². The van der Waals surface area contributed by atoms with Crippen LogP contribution >= 0.6 is 23.1 Å². The van der Waals surface area contributed by atoms with Gasteiger partial charge in [-0.15, -0.1) is 16.8 Å². The van der Waals surface area contributed by atoms with E-state index in [2.05, 4.69) is 32.7 Å². The molecule has 1 fully saturated rings. The van der Waals surface area contributed by atoms with Crippen LogP contribution in [-0.2, 0) is 4.79 Å². The van der Waals surface area contributed by atoms with Crippen LogP contribution in [0.4, 0.5) is 9.93 Å². The largest absolute Gasteiger partial charge is 0.357 e. The van der Waals surface area contributed by atoms with Gasteiger partial charge in [0, 0.05) is 12.6 Å². The maximum absolute atomic E-state index is 12.0. The first kappa shape index (κ1) is 17.7. The number of carbonyl (C=O) groups is 2. The summed E-state index contributed by atoms with van der Waals surface area (Å²) in [5.41, 5.74) is 0. The molecule has 1 atom stereocenters. The zero-order valence-electron chi connectivity index (χ0n) is 13.0. The third-order valence-corrected chi connectivity index (χ3v) is 5.44. The van der Waals surface area contributed by atoms with Crippen LogP contribution in [0.5, 0.6) is 0 Å². The fourth-order valence-electron chi connectivity index (χ4n) is 2.20. The van der Waals surface area contributed by atoms with Gasteiger partial charge in [-0.25, -0.2) is 4.79 Å². The zero-order valence-corrected chi connectivity index (χ0v) is 14.6. The van der Waals surface area contributed by atoms with Gasteiger partial charge in [-0.3, -0.25) is 10.1 Å². The Balaban J connectivity index is 1.76. The SMILES string of the molecule is C=CCNc1nnc(S[C@@H](C)C(=O)NC(=O)NC2CCCC2)s1. The lowest BCUT2D eigenvalue weighted by molar-refractivity contribution is -0.119. The molecule has 2 rings (SSSR count). The van der Waals surface area contributed by atoms with Crippen LogP contribution in [0.2, 0.25) is 0 Å². The van der Waals surface area contributed by atoms with Crippen LogP contribution in [-0.4, -0.2) is 40.0 Å². The van der Waals surface area contributed by atoms with E-state index in [1.165, 1.54) is 23.1 Å². The summed E-state index contributed by atoms with van der Waals surface area (Å²) in [7, 11) is 0. The second kappa shape index (κ2) is 8.88. The highest BCUT2D eigenvalue weighted by Crippen LogP contribution is 2.28. The summed E-state index contributed by atoms with van der Waals surface area (Å²) in [6, 6.07) is -0.229. The molecule has 1 aromatic heterocycles. The molecule has 3 N–H and O–H groups in total. The van der Waals surface area contributed by atoms with E-state index in [4.69, 9.17) is 0 Å². The van der Waals surface area contributed by atoms with Crippen LogP contribution in [0.3, 0.4) is 0 Å². The van der Waals surface area contributed by atoms with Crippen molar-refractivity contribution in [2.24, 2.45) is 0 Å². The van der Waals surface area contributed by atoms with E-state index >= 15 is 0 Å². The minimum absolute atomic E-state index is 0.187. The Morgan fingerprint density at radius 1 is 1.43 bits per heavy atom. The highest BCUT2D eigenvalue weighted by Gasteiger charge is 2.22. The summed E-state index contributed by atoms with van der Waals surface area (Å²) in [5, 5.41) is 16.5. The van der Waals surface area contributed by atoms with Crippen molar-refractivity contribution >= 4 is 40.2 Å². The predicted molar refractivity (Wildman–Crippen MR) is 92.8 cm³/mol. The number of thioether (sulfide) groups is 1. The normalized spacial score (nSPS) is 15.9. The highest BCUT2D eigenvalue weighted by atomic mass is 32.2. The molecule has 0 radical (unpaired) electrons. The van der Waals surface area contributed by atoms with Crippen molar-refractivity contribution in [1.29, 1.82) is 0 Å². The molecule has 0 saturated heterocycles. The van der Waals surface area contributed by atoms with Gasteiger partial charge in [0.25, 0.3) is 0 Å². The van der Waals surface area contributed by atoms with Crippen LogP contribution in [0.1, 0.15) is 32.6 Å². The number of anilines is 1. The van der Waals surface area contributed by atoms with Gasteiger partial charge in [-0.2, -0.15) is 0 Å². The monoisotopic (exact) mass is 355 g/mol. The lowest BCUT2D eigenvalue weighted by Gasteiger charge is -2.14. The lowest BCUT2D eigenvalue weighted by atomic mass is 10.2. The standard InChI is InChI=1S/C14H21N5O2S2/c1-3-8-15-13-18-19-14(23-13)22-9(2)11(20)17-12(21)16-10-6-4-5-7-10/h3,9-10H,1,4-8H2,2H3,(H,15,18)(H2,16,17,20,21)/t9-/m0/s1. The van der Waals surface area contributed by atoms with Gasteiger partial charge in [-0.05, 0) is 19.8 Å². The van der Waals surface area contributed by atoms with Crippen molar-refractivity contribution < 1.29 is 9.59 Å². The van der Waals surface area contributed by atoms with Crippen molar-refractivity contribution in [2.45, 2.75) is 48.2 Å². The van der Waals surface area contributed by atoms with Crippen molar-refractivity contribution in [3.8, 4) is 0 Å². The number of nitrogens with one attached hydrogen (secondary N) is 3. The smallest absolute Gasteiger partial charge is 0.321 e. The molecule has 0 bridgehead atoms. The van der Waals surface area contributed by atoms with Crippen LogP contribution < -0.4 is 16.0 Å². The molecule has 0 aliphatic heterocycles. The maximum Gasteiger partial charge on any atom is 0.321 e. The Labute approximate surface area is 143 Å². The van der Waals surface area contributed by atoms with Gasteiger partial charge < -0.3 is 10.6 Å². The number of urea groups is 1. The summed E-state index contributed by atoms with van der Waals surface area (Å²) < 4.78 is 0.676. The molecule has 7 nitrogen and oxygen atoms in total. The number of nitrogens with zero attached hydrogens (tertiary/aromatic N) is 2. The first-order valence-electron chi connectivity index (χ1n) is 7.54. The van der Waals surface area contributed by atoms with Gasteiger partial charge >= 0.3 is 6.03 Å². The van der Waals surface area contributed by atoms with E-state index in [0.717, 1.165) is 25.7 Å². The molecule has 0 aromatic carbocycles. The van der Waals surface area contributed by atoms with Crippen LogP contribution in [0.15, 0.2) is 17.0 Å². The Kier molecular flexibility index (Phi) is 6.85. The molecule has 1 heterocycles. The molecule has 1 aliphatic rings. The highest BCUT2D eigenvalue weighted by molar-refractivity contribution is 8.02. The van der Waals surface area contributed by atoms with Gasteiger partial charge in [0.05, 0.1) is 5.25 Å². The van der Waals surface area contributed by atoms with Crippen molar-refractivity contribution in [1.82, 2.24) is 20.8 Å². The molecule has 1 saturated carbocycles. The molecule has 23 heavy (non-hydrogen) atoms. The molecule has 1 aliphatic carbocycles. The Morgan fingerprint density at radius 3 is 2.87 bits per heavy atom. The van der Waals surface area contributed by atoms with Crippen LogP contribution in [0.25, 0.3) is 0 Å². The summed E-state index contributed by atoms with van der Waals surface area (Å²) in [4.78, 5) is 23.8. The maximum atomic E-state index is 12.0. The van der Waals surface area contributed by atoms with Gasteiger partial charge in [0.1, 0.15) is 0 Å². The molecular formula is C14H21N5O2S2. The van der Waals surface area contributed by atoms with Crippen molar-refractivity contribution in [3.63, 3.8) is 0 Å². The molecule has 126 valence electrons. The topological polar surface area (TPSA) is 96.0 Å². The summed E-state index contributed by atoms with van der Waals surface area (Å²) in [6.45, 7) is 5.96. The average Bonchev–Trinajstić information content (AvgIpc) is 3.16. The van der Waals surface area contributed by atoms with Gasteiger partial charge in [-0.1, -0.05) is 42.0 Å². The number of aromatic nitrogens is 2. The second-order valence-corrected chi connectivity index (χ2v) is 7.81. The van der Waals surface area contributed by atoms with E-state index in [9.17, 15) is 9.59 Å². The second-order valence-electron chi connectivity index (χ2n) is 5.25. The zero-order chi connectivity index (χ0) is 16.7. The number of hydrogen-bond donors (Lipinski definition) is 3. The summed E-state index contributed by atoms with van der Waals surface area (Å²) in [6.07, 6.45) is 5.95. The molecule has 0 unspecified atom stereocenters. The Bertz CT molecular complexity index is 557. The number of carbonyl (C=O) groups excluding carboxylic acids is 2. The van der Waals surface area contributed by atoms with Crippen molar-refractivity contribution in [2.75, 3.05) is 11.9 Å². The molecule has 0 spiro atoms. The van der Waals surface area contributed by atoms with Crippen molar-refractivity contribution in [3.05, 3.63) is 12.7 Å². The summed E-state index contributed by atoms with van der Waals surface area (Å²) >= 11 is 2.64. The third kappa shape index (κ3) is 5.83. The minimum atomic E-state index is -0.426.